The molecule has 176 valence electrons. The van der Waals surface area contributed by atoms with Crippen molar-refractivity contribution in [1.29, 1.82) is 0 Å². The van der Waals surface area contributed by atoms with E-state index < -0.39 is 10.0 Å². The van der Waals surface area contributed by atoms with E-state index in [0.29, 0.717) is 6.54 Å². The summed E-state index contributed by atoms with van der Waals surface area (Å²) in [4.78, 5) is 7.43. The molecule has 10 heteroatoms. The van der Waals surface area contributed by atoms with Gasteiger partial charge >= 0.3 is 0 Å². The second-order valence-electron chi connectivity index (χ2n) is 8.12. The topological polar surface area (TPSA) is 109 Å². The van der Waals surface area contributed by atoms with Gasteiger partial charge in [0.1, 0.15) is 0 Å². The first kappa shape index (κ1) is 26.3. The number of rotatable bonds is 7. The van der Waals surface area contributed by atoms with E-state index in [0.717, 1.165) is 50.9 Å². The van der Waals surface area contributed by atoms with Crippen LogP contribution in [0.3, 0.4) is 0 Å². The van der Waals surface area contributed by atoms with Crippen LogP contribution in [-0.4, -0.2) is 64.2 Å². The minimum atomic E-state index is -3.67. The molecule has 0 bridgehead atoms. The number of ether oxygens (including phenoxy) is 1. The molecule has 2 aliphatic rings. The number of nitrogens with two attached hydrogens (primary N) is 1. The molecule has 0 amide bonds. The minimum Gasteiger partial charge on any atom is -0.379 e. The molecule has 0 unspecified atom stereocenters. The highest BCUT2D eigenvalue weighted by molar-refractivity contribution is 14.0. The van der Waals surface area contributed by atoms with Crippen molar-refractivity contribution >= 4 is 40.0 Å². The van der Waals surface area contributed by atoms with Crippen molar-refractivity contribution in [3.8, 4) is 0 Å². The zero-order valence-corrected chi connectivity index (χ0v) is 21.5. The Labute approximate surface area is 203 Å². The number of primary sulfonamides is 1. The molecule has 3 rings (SSSR count). The van der Waals surface area contributed by atoms with Crippen LogP contribution in [0.2, 0.25) is 0 Å². The van der Waals surface area contributed by atoms with Crippen LogP contribution in [0.1, 0.15) is 44.6 Å². The second-order valence-corrected chi connectivity index (χ2v) is 9.68. The lowest BCUT2D eigenvalue weighted by Crippen LogP contribution is -2.60. The van der Waals surface area contributed by atoms with Gasteiger partial charge in [-0.3, -0.25) is 4.90 Å². The highest BCUT2D eigenvalue weighted by Crippen LogP contribution is 2.33. The van der Waals surface area contributed by atoms with E-state index in [-0.39, 0.29) is 34.4 Å². The number of halogens is 1. The average molecular weight is 566 g/mol. The number of aliphatic imine (C=N–C) groups is 1. The molecule has 8 nitrogen and oxygen atoms in total. The second kappa shape index (κ2) is 12.3. The van der Waals surface area contributed by atoms with Crippen LogP contribution in [-0.2, 0) is 21.3 Å². The molecule has 0 atom stereocenters. The van der Waals surface area contributed by atoms with Gasteiger partial charge in [-0.2, -0.15) is 0 Å². The lowest BCUT2D eigenvalue weighted by molar-refractivity contribution is -0.0352. The summed E-state index contributed by atoms with van der Waals surface area (Å²) in [7, 11) is -3.67. The molecule has 31 heavy (non-hydrogen) atoms. The van der Waals surface area contributed by atoms with Gasteiger partial charge in [0.05, 0.1) is 24.7 Å². The third kappa shape index (κ3) is 7.55. The molecule has 1 aromatic rings. The van der Waals surface area contributed by atoms with E-state index in [2.05, 4.69) is 22.5 Å². The van der Waals surface area contributed by atoms with Gasteiger partial charge in [-0.05, 0) is 37.5 Å². The zero-order valence-electron chi connectivity index (χ0n) is 18.3. The van der Waals surface area contributed by atoms with Crippen molar-refractivity contribution < 1.29 is 13.2 Å². The minimum absolute atomic E-state index is 0. The normalized spacial score (nSPS) is 20.0. The first-order chi connectivity index (χ1) is 14.4. The number of hydrogen-bond acceptors (Lipinski definition) is 5. The maximum atomic E-state index is 11.4. The lowest BCUT2D eigenvalue weighted by Gasteiger charge is -2.48. The Bertz CT molecular complexity index is 805. The van der Waals surface area contributed by atoms with Crippen LogP contribution in [0.25, 0.3) is 0 Å². The van der Waals surface area contributed by atoms with Crippen molar-refractivity contribution in [2.45, 2.75) is 56.0 Å². The van der Waals surface area contributed by atoms with Crippen LogP contribution in [0, 0.1) is 0 Å². The Morgan fingerprint density at radius 1 is 1.13 bits per heavy atom. The SMILES string of the molecule is CCNC(=NCc1ccc(S(N)(=O)=O)cc1)NCC1(N2CCOCC2)CCCCC1.I. The fourth-order valence-corrected chi connectivity index (χ4v) is 4.91. The molecule has 0 radical (unpaired) electrons. The number of benzene rings is 1. The summed E-state index contributed by atoms with van der Waals surface area (Å²) in [5.74, 6) is 0.784. The predicted molar refractivity (Wildman–Crippen MR) is 134 cm³/mol. The van der Waals surface area contributed by atoms with Crippen LogP contribution >= 0.6 is 24.0 Å². The summed E-state index contributed by atoms with van der Waals surface area (Å²) < 4.78 is 28.4. The molecule has 0 spiro atoms. The molecule has 4 N–H and O–H groups in total. The Morgan fingerprint density at radius 3 is 2.35 bits per heavy atom. The summed E-state index contributed by atoms with van der Waals surface area (Å²) >= 11 is 0. The Morgan fingerprint density at radius 2 is 1.77 bits per heavy atom. The zero-order chi connectivity index (χ0) is 21.5. The monoisotopic (exact) mass is 565 g/mol. The van der Waals surface area contributed by atoms with Crippen molar-refractivity contribution in [2.24, 2.45) is 10.1 Å². The van der Waals surface area contributed by atoms with Gasteiger partial charge in [0.15, 0.2) is 5.96 Å². The van der Waals surface area contributed by atoms with Gasteiger partial charge in [-0.1, -0.05) is 31.4 Å². The quantitative estimate of drug-likeness (QED) is 0.265. The van der Waals surface area contributed by atoms with Crippen molar-refractivity contribution in [3.63, 3.8) is 0 Å². The fourth-order valence-electron chi connectivity index (χ4n) is 4.40. The molecular weight excluding hydrogens is 529 g/mol. The average Bonchev–Trinajstić information content (AvgIpc) is 2.76. The van der Waals surface area contributed by atoms with Gasteiger partial charge in [-0.15, -0.1) is 24.0 Å². The Hall–Kier alpha value is -0.950. The standard InChI is InChI=1S/C21H35N5O3S.HI/c1-2-23-20(24-16-18-6-8-19(9-7-18)30(22,27)28)25-17-21(10-4-3-5-11-21)26-12-14-29-15-13-26;/h6-9H,2-5,10-17H2,1H3,(H2,22,27,28)(H2,23,24,25);1H. The maximum Gasteiger partial charge on any atom is 0.238 e. The summed E-state index contributed by atoms with van der Waals surface area (Å²) in [6.07, 6.45) is 6.25. The van der Waals surface area contributed by atoms with E-state index in [9.17, 15) is 8.42 Å². The summed E-state index contributed by atoms with van der Waals surface area (Å²) in [6.45, 7) is 7.76. The number of sulfonamides is 1. The largest absolute Gasteiger partial charge is 0.379 e. The van der Waals surface area contributed by atoms with Crippen molar-refractivity contribution in [3.05, 3.63) is 29.8 Å². The molecule has 1 saturated carbocycles. The number of morpholine rings is 1. The molecule has 0 aromatic heterocycles. The number of nitrogens with zero attached hydrogens (tertiary/aromatic N) is 2. The number of hydrogen-bond donors (Lipinski definition) is 3. The van der Waals surface area contributed by atoms with Gasteiger partial charge in [-0.25, -0.2) is 18.5 Å². The molecule has 1 aliphatic carbocycles. The van der Waals surface area contributed by atoms with Crippen molar-refractivity contribution in [1.82, 2.24) is 15.5 Å². The Balaban J connectivity index is 0.00000341. The molecule has 1 aromatic carbocycles. The van der Waals surface area contributed by atoms with Gasteiger partial charge < -0.3 is 15.4 Å². The fraction of sp³-hybridized carbons (Fsp3) is 0.667. The summed E-state index contributed by atoms with van der Waals surface area (Å²) in [5.41, 5.74) is 1.09. The molecule has 1 saturated heterocycles. The van der Waals surface area contributed by atoms with E-state index in [1.165, 1.54) is 44.2 Å². The molecule has 1 aliphatic heterocycles. The Kier molecular flexibility index (Phi) is 10.5. The van der Waals surface area contributed by atoms with Crippen molar-refractivity contribution in [2.75, 3.05) is 39.4 Å². The van der Waals surface area contributed by atoms with Gasteiger partial charge in [0.25, 0.3) is 0 Å². The van der Waals surface area contributed by atoms with E-state index in [4.69, 9.17) is 14.9 Å². The third-order valence-corrected chi connectivity index (χ3v) is 7.00. The highest BCUT2D eigenvalue weighted by Gasteiger charge is 2.38. The van der Waals surface area contributed by atoms with Gasteiger partial charge in [0, 0.05) is 31.7 Å². The summed E-state index contributed by atoms with van der Waals surface area (Å²) in [6, 6.07) is 6.55. The first-order valence-electron chi connectivity index (χ1n) is 10.9. The van der Waals surface area contributed by atoms with Crippen LogP contribution in [0.5, 0.6) is 0 Å². The number of guanidine groups is 1. The molecule has 2 fully saturated rings. The predicted octanol–water partition coefficient (Wildman–Crippen LogP) is 2.04. The lowest BCUT2D eigenvalue weighted by atomic mass is 9.80. The van der Waals surface area contributed by atoms with E-state index >= 15 is 0 Å². The first-order valence-corrected chi connectivity index (χ1v) is 12.4. The summed E-state index contributed by atoms with van der Waals surface area (Å²) in [5, 5.41) is 12.1. The number of nitrogens with one attached hydrogen (secondary N) is 2. The van der Waals surface area contributed by atoms with Gasteiger partial charge in [0.2, 0.25) is 10.0 Å². The molecular formula is C21H36IN5O3S. The smallest absolute Gasteiger partial charge is 0.238 e. The third-order valence-electron chi connectivity index (χ3n) is 6.07. The van der Waals surface area contributed by atoms with E-state index in [1.807, 2.05) is 0 Å². The van der Waals surface area contributed by atoms with Crippen LogP contribution < -0.4 is 15.8 Å². The van der Waals surface area contributed by atoms with Crippen LogP contribution in [0.15, 0.2) is 34.2 Å². The maximum absolute atomic E-state index is 11.4. The molecule has 1 heterocycles. The van der Waals surface area contributed by atoms with Crippen LogP contribution in [0.4, 0.5) is 0 Å². The van der Waals surface area contributed by atoms with E-state index in [1.54, 1.807) is 12.1 Å². The highest BCUT2D eigenvalue weighted by atomic mass is 127.